The van der Waals surface area contributed by atoms with Crippen molar-refractivity contribution in [3.05, 3.63) is 49.6 Å². The summed E-state index contributed by atoms with van der Waals surface area (Å²) in [6, 6.07) is 7.26. The van der Waals surface area contributed by atoms with E-state index in [1.165, 1.54) is 0 Å². The smallest absolute Gasteiger partial charge is 0.0833 e. The molecule has 1 unspecified atom stereocenters. The van der Waals surface area contributed by atoms with Gasteiger partial charge in [0.2, 0.25) is 0 Å². The number of nitrogens with one attached hydrogen (secondary N) is 1. The fourth-order valence-corrected chi connectivity index (χ4v) is 3.49. The second-order valence-corrected chi connectivity index (χ2v) is 5.74. The molecule has 3 nitrogen and oxygen atoms in total. The zero-order chi connectivity index (χ0) is 12.4. The van der Waals surface area contributed by atoms with Gasteiger partial charge in [-0.2, -0.15) is 0 Å². The van der Waals surface area contributed by atoms with Crippen LogP contribution in [0.15, 0.2) is 34.1 Å². The van der Waals surface area contributed by atoms with Gasteiger partial charge in [-0.3, -0.25) is 5.84 Å². The van der Waals surface area contributed by atoms with E-state index >= 15 is 0 Å². The number of benzene rings is 1. The molecule has 0 aliphatic carbocycles. The molecule has 17 heavy (non-hydrogen) atoms. The topological polar surface area (TPSA) is 64.1 Å². The lowest BCUT2D eigenvalue weighted by atomic mass is 10.0. The Hall–Kier alpha value is -0.590. The molecule has 1 aromatic carbocycles. The Morgan fingerprint density at radius 3 is 2.65 bits per heavy atom. The number of halogens is 2. The van der Waals surface area contributed by atoms with Crippen LogP contribution in [0.25, 0.3) is 0 Å². The molecule has 0 fully saturated rings. The Bertz CT molecular complexity index is 529. The van der Waals surface area contributed by atoms with Gasteiger partial charge >= 0.3 is 0 Å². The van der Waals surface area contributed by atoms with Crippen LogP contribution >= 0.6 is 38.9 Å². The van der Waals surface area contributed by atoms with Crippen molar-refractivity contribution < 1.29 is 0 Å². The summed E-state index contributed by atoms with van der Waals surface area (Å²) in [5, 5.41) is 2.61. The van der Waals surface area contributed by atoms with E-state index in [-0.39, 0.29) is 6.04 Å². The minimum atomic E-state index is -0.137. The number of hydrogen-bond acceptors (Lipinski definition) is 4. The highest BCUT2D eigenvalue weighted by Crippen LogP contribution is 2.35. The summed E-state index contributed by atoms with van der Waals surface area (Å²) in [5.74, 6) is 5.62. The first-order valence-electron chi connectivity index (χ1n) is 4.87. The Balaban J connectivity index is 2.46. The fraction of sp³-hybridized carbons (Fsp3) is 0.0909. The summed E-state index contributed by atoms with van der Waals surface area (Å²) in [5.41, 5.74) is 10.3. The molecule has 2 rings (SSSR count). The summed E-state index contributed by atoms with van der Waals surface area (Å²) >= 11 is 11.0. The van der Waals surface area contributed by atoms with Crippen LogP contribution in [0, 0.1) is 0 Å². The molecule has 0 radical (unpaired) electrons. The van der Waals surface area contributed by atoms with Crippen LogP contribution in [0.3, 0.4) is 0 Å². The summed E-state index contributed by atoms with van der Waals surface area (Å²) in [6.07, 6.45) is 0. The van der Waals surface area contributed by atoms with E-state index in [1.807, 2.05) is 17.5 Å². The molecule has 1 aromatic heterocycles. The van der Waals surface area contributed by atoms with E-state index in [4.69, 9.17) is 23.2 Å². The van der Waals surface area contributed by atoms with Gasteiger partial charge in [0.05, 0.1) is 6.04 Å². The van der Waals surface area contributed by atoms with Crippen LogP contribution in [0.5, 0.6) is 0 Å². The molecule has 0 aliphatic rings. The van der Waals surface area contributed by atoms with E-state index < -0.39 is 0 Å². The third kappa shape index (κ3) is 2.64. The first-order valence-corrected chi connectivity index (χ1v) is 6.92. The van der Waals surface area contributed by atoms with Gasteiger partial charge in [-0.15, -0.1) is 11.3 Å². The number of anilines is 1. The van der Waals surface area contributed by atoms with Gasteiger partial charge in [0, 0.05) is 20.1 Å². The Labute approximate surface area is 117 Å². The third-order valence-corrected chi connectivity index (χ3v) is 4.60. The Morgan fingerprint density at radius 1 is 1.35 bits per heavy atom. The quantitative estimate of drug-likeness (QED) is 0.459. The molecule has 2 aromatic rings. The molecule has 0 saturated heterocycles. The number of hydrogen-bond donors (Lipinski definition) is 3. The first kappa shape index (κ1) is 12.9. The van der Waals surface area contributed by atoms with Crippen LogP contribution in [0.4, 0.5) is 5.69 Å². The first-order chi connectivity index (χ1) is 8.13. The van der Waals surface area contributed by atoms with Gasteiger partial charge in [0.15, 0.2) is 0 Å². The van der Waals surface area contributed by atoms with E-state index in [9.17, 15) is 0 Å². The van der Waals surface area contributed by atoms with Crippen LogP contribution in [0.1, 0.15) is 16.5 Å². The van der Waals surface area contributed by atoms with E-state index in [0.717, 1.165) is 14.9 Å². The van der Waals surface area contributed by atoms with E-state index in [2.05, 4.69) is 21.4 Å². The van der Waals surface area contributed by atoms with Gasteiger partial charge in [0.1, 0.15) is 0 Å². The number of rotatable bonds is 3. The average Bonchev–Trinajstić information content (AvgIpc) is 2.69. The number of nitrogens with two attached hydrogens (primary N) is 2. The zero-order valence-corrected chi connectivity index (χ0v) is 11.9. The average molecular weight is 333 g/mol. The highest BCUT2D eigenvalue weighted by molar-refractivity contribution is 9.10. The molecule has 1 heterocycles. The summed E-state index contributed by atoms with van der Waals surface area (Å²) in [6.45, 7) is 0. The van der Waals surface area contributed by atoms with Crippen molar-refractivity contribution in [2.45, 2.75) is 6.04 Å². The van der Waals surface area contributed by atoms with Crippen molar-refractivity contribution in [2.24, 2.45) is 5.84 Å². The largest absolute Gasteiger partial charge is 0.398 e. The number of hydrazine groups is 1. The van der Waals surface area contributed by atoms with Gasteiger partial charge in [-0.1, -0.05) is 17.7 Å². The Kier molecular flexibility index (Phi) is 4.06. The number of nitrogen functional groups attached to an aromatic ring is 1. The van der Waals surface area contributed by atoms with Crippen LogP contribution in [0.2, 0.25) is 5.02 Å². The zero-order valence-electron chi connectivity index (χ0n) is 8.78. The lowest BCUT2D eigenvalue weighted by Crippen LogP contribution is -2.29. The van der Waals surface area contributed by atoms with Crippen molar-refractivity contribution in [1.29, 1.82) is 0 Å². The lowest BCUT2D eigenvalue weighted by molar-refractivity contribution is 0.646. The summed E-state index contributed by atoms with van der Waals surface area (Å²) in [4.78, 5) is 1.08. The molecule has 0 amide bonds. The molecule has 0 bridgehead atoms. The van der Waals surface area contributed by atoms with Gasteiger partial charge in [-0.25, -0.2) is 5.43 Å². The second-order valence-electron chi connectivity index (χ2n) is 3.51. The molecule has 6 heteroatoms. The van der Waals surface area contributed by atoms with Gasteiger partial charge in [-0.05, 0) is 45.1 Å². The maximum Gasteiger partial charge on any atom is 0.0833 e. The number of thiophene rings is 1. The van der Waals surface area contributed by atoms with Crippen molar-refractivity contribution in [2.75, 3.05) is 5.73 Å². The Morgan fingerprint density at radius 2 is 2.12 bits per heavy atom. The van der Waals surface area contributed by atoms with Crippen LogP contribution in [-0.4, -0.2) is 0 Å². The summed E-state index contributed by atoms with van der Waals surface area (Å²) < 4.78 is 1.01. The van der Waals surface area contributed by atoms with E-state index in [0.29, 0.717) is 10.7 Å². The molecule has 0 spiro atoms. The maximum absolute atomic E-state index is 5.96. The molecule has 90 valence electrons. The summed E-state index contributed by atoms with van der Waals surface area (Å²) in [7, 11) is 0. The van der Waals surface area contributed by atoms with Crippen molar-refractivity contribution >= 4 is 44.6 Å². The van der Waals surface area contributed by atoms with Gasteiger partial charge < -0.3 is 5.73 Å². The lowest BCUT2D eigenvalue weighted by Gasteiger charge is -2.17. The van der Waals surface area contributed by atoms with Crippen LogP contribution < -0.4 is 17.0 Å². The minimum absolute atomic E-state index is 0.137. The molecular weight excluding hydrogens is 322 g/mol. The molecule has 0 aliphatic heterocycles. The second kappa shape index (κ2) is 5.37. The van der Waals surface area contributed by atoms with Crippen molar-refractivity contribution in [3.8, 4) is 0 Å². The van der Waals surface area contributed by atoms with E-state index in [1.54, 1.807) is 23.5 Å². The third-order valence-electron chi connectivity index (χ3n) is 2.43. The fourth-order valence-electron chi connectivity index (χ4n) is 1.63. The normalized spacial score (nSPS) is 12.6. The predicted octanol–water partition coefficient (Wildman–Crippen LogP) is 3.30. The SMILES string of the molecule is NNC(c1ccc(Cl)cc1N)c1sccc1Br. The highest BCUT2D eigenvalue weighted by atomic mass is 79.9. The highest BCUT2D eigenvalue weighted by Gasteiger charge is 2.19. The van der Waals surface area contributed by atoms with Crippen molar-refractivity contribution in [1.82, 2.24) is 5.43 Å². The standard InChI is InChI=1S/C11H11BrClN3S/c12-8-3-4-17-11(8)10(16-15)7-2-1-6(13)5-9(7)14/h1-5,10,16H,14-15H2. The molecule has 5 N–H and O–H groups in total. The predicted molar refractivity (Wildman–Crippen MR) is 77.0 cm³/mol. The van der Waals surface area contributed by atoms with Gasteiger partial charge in [0.25, 0.3) is 0 Å². The maximum atomic E-state index is 5.96. The monoisotopic (exact) mass is 331 g/mol. The minimum Gasteiger partial charge on any atom is -0.398 e. The van der Waals surface area contributed by atoms with Crippen LogP contribution in [-0.2, 0) is 0 Å². The molecule has 1 atom stereocenters. The molecule has 0 saturated carbocycles. The molecular formula is C11H11BrClN3S. The van der Waals surface area contributed by atoms with Crippen molar-refractivity contribution in [3.63, 3.8) is 0 Å².